The number of aryl methyl sites for hydroxylation is 1. The third-order valence-electron chi connectivity index (χ3n) is 7.16. The van der Waals surface area contributed by atoms with Crippen LogP contribution >= 0.6 is 0 Å². The van der Waals surface area contributed by atoms with Gasteiger partial charge in [0.25, 0.3) is 5.56 Å². The van der Waals surface area contributed by atoms with E-state index in [0.29, 0.717) is 12.0 Å². The van der Waals surface area contributed by atoms with Gasteiger partial charge in [0.15, 0.2) is 0 Å². The molecule has 3 heterocycles. The highest BCUT2D eigenvalue weighted by atomic mass is 16.4. The molecule has 1 saturated heterocycles. The largest absolute Gasteiger partial charge is 0.481 e. The minimum absolute atomic E-state index is 0.163. The number of carboxylic acids is 1. The quantitative estimate of drug-likeness (QED) is 0.537. The van der Waals surface area contributed by atoms with Crippen LogP contribution < -0.4 is 15.8 Å². The molecule has 2 fully saturated rings. The topological polar surface area (TPSA) is 105 Å². The van der Waals surface area contributed by atoms with Crippen LogP contribution in [-0.4, -0.2) is 39.6 Å². The molecule has 2 aromatic heterocycles. The summed E-state index contributed by atoms with van der Waals surface area (Å²) in [5.74, 6) is 0.354. The summed E-state index contributed by atoms with van der Waals surface area (Å²) in [4.78, 5) is 44.5. The number of aliphatic carboxylic acids is 1. The second-order valence-electron chi connectivity index (χ2n) is 10.6. The van der Waals surface area contributed by atoms with E-state index < -0.39 is 18.1 Å². The van der Waals surface area contributed by atoms with Crippen LogP contribution in [0.15, 0.2) is 41.6 Å². The summed E-state index contributed by atoms with van der Waals surface area (Å²) in [5, 5.41) is 12.5. The van der Waals surface area contributed by atoms with Crippen molar-refractivity contribution in [3.05, 3.63) is 58.3 Å². The number of carbonyl (C=O) groups excluding carboxylic acids is 1. The van der Waals surface area contributed by atoms with Gasteiger partial charge in [0, 0.05) is 31.5 Å². The van der Waals surface area contributed by atoms with Crippen molar-refractivity contribution in [2.75, 3.05) is 18.0 Å². The molecule has 1 amide bonds. The van der Waals surface area contributed by atoms with Crippen LogP contribution in [0, 0.1) is 24.7 Å². The highest BCUT2D eigenvalue weighted by Crippen LogP contribution is 2.42. The van der Waals surface area contributed by atoms with Gasteiger partial charge in [0.1, 0.15) is 6.04 Å². The molecule has 1 saturated carbocycles. The van der Waals surface area contributed by atoms with Gasteiger partial charge in [0.2, 0.25) is 5.91 Å². The third kappa shape index (κ3) is 6.29. The zero-order chi connectivity index (χ0) is 25.1. The molecule has 0 unspecified atom stereocenters. The molecule has 35 heavy (non-hydrogen) atoms. The van der Waals surface area contributed by atoms with Crippen LogP contribution in [0.5, 0.6) is 0 Å². The van der Waals surface area contributed by atoms with Crippen molar-refractivity contribution in [1.82, 2.24) is 14.9 Å². The fourth-order valence-corrected chi connectivity index (χ4v) is 5.12. The molecule has 2 aliphatic rings. The smallest absolute Gasteiger partial charge is 0.305 e. The standard InChI is InChI=1S/C27H36N4O4/c1-17(2)10-24(31-9-6-18(3)11-25(31)32)27(35)29-23(13-26(33)34)21-12-22(15-28-14-21)30-8-7-20(16-30)19-4-5-19/h6,9,11-12,14-15,17,19-20,23-24H,4-5,7-8,10,13,16H2,1-3H3,(H,29,35)(H,33,34)/t20-,23-,24-/m0/s1. The number of rotatable bonds is 10. The van der Waals surface area contributed by atoms with E-state index in [2.05, 4.69) is 15.2 Å². The van der Waals surface area contributed by atoms with Gasteiger partial charge in [-0.3, -0.25) is 19.4 Å². The number of aromatic nitrogens is 2. The maximum Gasteiger partial charge on any atom is 0.305 e. The number of hydrogen-bond donors (Lipinski definition) is 2. The van der Waals surface area contributed by atoms with Gasteiger partial charge in [-0.1, -0.05) is 13.8 Å². The molecule has 188 valence electrons. The van der Waals surface area contributed by atoms with Crippen molar-refractivity contribution in [2.45, 2.75) is 65.0 Å². The number of amides is 1. The van der Waals surface area contributed by atoms with Gasteiger partial charge < -0.3 is 19.9 Å². The molecule has 8 nitrogen and oxygen atoms in total. The molecule has 0 spiro atoms. The number of hydrogen-bond acceptors (Lipinski definition) is 5. The van der Waals surface area contributed by atoms with Crippen LogP contribution in [0.4, 0.5) is 5.69 Å². The molecule has 1 aliphatic heterocycles. The fraction of sp³-hybridized carbons (Fsp3) is 0.556. The Balaban J connectivity index is 1.56. The van der Waals surface area contributed by atoms with E-state index in [1.807, 2.05) is 33.0 Å². The predicted octanol–water partition coefficient (Wildman–Crippen LogP) is 3.71. The lowest BCUT2D eigenvalue weighted by molar-refractivity contribution is -0.138. The second-order valence-corrected chi connectivity index (χ2v) is 10.6. The first-order valence-corrected chi connectivity index (χ1v) is 12.6. The van der Waals surface area contributed by atoms with E-state index in [4.69, 9.17) is 0 Å². The molecular weight excluding hydrogens is 444 g/mol. The first-order chi connectivity index (χ1) is 16.7. The Morgan fingerprint density at radius 1 is 1.17 bits per heavy atom. The Kier molecular flexibility index (Phi) is 7.57. The highest BCUT2D eigenvalue weighted by molar-refractivity contribution is 5.81. The van der Waals surface area contributed by atoms with Crippen molar-refractivity contribution in [3.8, 4) is 0 Å². The van der Waals surface area contributed by atoms with Gasteiger partial charge in [0.05, 0.1) is 24.3 Å². The molecule has 8 heteroatoms. The van der Waals surface area contributed by atoms with Crippen LogP contribution in [0.3, 0.4) is 0 Å². The number of nitrogens with one attached hydrogen (secondary N) is 1. The van der Waals surface area contributed by atoms with Crippen LogP contribution in [0.25, 0.3) is 0 Å². The Bertz CT molecular complexity index is 1120. The summed E-state index contributed by atoms with van der Waals surface area (Å²) in [6, 6.07) is 3.78. The third-order valence-corrected chi connectivity index (χ3v) is 7.16. The minimum Gasteiger partial charge on any atom is -0.481 e. The average molecular weight is 481 g/mol. The van der Waals surface area contributed by atoms with E-state index in [1.165, 1.54) is 29.9 Å². The molecule has 2 N–H and O–H groups in total. The first kappa shape index (κ1) is 24.9. The Morgan fingerprint density at radius 3 is 2.60 bits per heavy atom. The van der Waals surface area contributed by atoms with Gasteiger partial charge in [-0.15, -0.1) is 0 Å². The first-order valence-electron chi connectivity index (χ1n) is 12.6. The molecule has 1 aliphatic carbocycles. The molecule has 2 aromatic rings. The second kappa shape index (κ2) is 10.6. The molecule has 0 aromatic carbocycles. The number of nitrogens with zero attached hydrogens (tertiary/aromatic N) is 3. The zero-order valence-corrected chi connectivity index (χ0v) is 20.8. The van der Waals surface area contributed by atoms with Crippen molar-refractivity contribution < 1.29 is 14.7 Å². The Morgan fingerprint density at radius 2 is 1.94 bits per heavy atom. The van der Waals surface area contributed by atoms with Crippen LogP contribution in [-0.2, 0) is 9.59 Å². The lowest BCUT2D eigenvalue weighted by Crippen LogP contribution is -2.40. The Hall–Kier alpha value is -3.16. The highest BCUT2D eigenvalue weighted by Gasteiger charge is 2.36. The van der Waals surface area contributed by atoms with Crippen LogP contribution in [0.1, 0.15) is 69.2 Å². The summed E-state index contributed by atoms with van der Waals surface area (Å²) in [6.45, 7) is 7.78. The molecule has 3 atom stereocenters. The van der Waals surface area contributed by atoms with Crippen molar-refractivity contribution >= 4 is 17.6 Å². The Labute approximate surface area is 206 Å². The molecule has 4 rings (SSSR count). The summed E-state index contributed by atoms with van der Waals surface area (Å²) in [5.41, 5.74) is 2.20. The fourth-order valence-electron chi connectivity index (χ4n) is 5.12. The van der Waals surface area contributed by atoms with Crippen molar-refractivity contribution in [1.29, 1.82) is 0 Å². The number of carbonyl (C=O) groups is 2. The number of carboxylic acid groups (broad SMARTS) is 1. The molecule has 0 radical (unpaired) electrons. The van der Waals surface area contributed by atoms with Gasteiger partial charge in [-0.2, -0.15) is 0 Å². The normalized spacial score (nSPS) is 19.5. The van der Waals surface area contributed by atoms with E-state index in [9.17, 15) is 19.5 Å². The van der Waals surface area contributed by atoms with E-state index in [1.54, 1.807) is 18.5 Å². The van der Waals surface area contributed by atoms with Crippen molar-refractivity contribution in [2.24, 2.45) is 17.8 Å². The summed E-state index contributed by atoms with van der Waals surface area (Å²) < 4.78 is 1.44. The summed E-state index contributed by atoms with van der Waals surface area (Å²) >= 11 is 0. The maximum atomic E-state index is 13.5. The number of anilines is 1. The number of pyridine rings is 2. The maximum absolute atomic E-state index is 13.5. The predicted molar refractivity (Wildman–Crippen MR) is 134 cm³/mol. The van der Waals surface area contributed by atoms with Crippen LogP contribution in [0.2, 0.25) is 0 Å². The van der Waals surface area contributed by atoms with Gasteiger partial charge in [-0.25, -0.2) is 0 Å². The molecule has 0 bridgehead atoms. The lowest BCUT2D eigenvalue weighted by Gasteiger charge is -2.26. The summed E-state index contributed by atoms with van der Waals surface area (Å²) in [6.07, 6.45) is 9.10. The minimum atomic E-state index is -1.01. The van der Waals surface area contributed by atoms with Gasteiger partial charge >= 0.3 is 5.97 Å². The SMILES string of the molecule is Cc1ccn([C@@H](CC(C)C)C(=O)N[C@@H](CC(=O)O)c2cncc(N3CC[C@H](C4CC4)C3)c2)c(=O)c1. The van der Waals surface area contributed by atoms with Crippen molar-refractivity contribution in [3.63, 3.8) is 0 Å². The lowest BCUT2D eigenvalue weighted by atomic mass is 10.00. The van der Waals surface area contributed by atoms with Gasteiger partial charge in [-0.05, 0) is 73.6 Å². The monoisotopic (exact) mass is 480 g/mol. The van der Waals surface area contributed by atoms with E-state index in [-0.39, 0.29) is 23.8 Å². The van der Waals surface area contributed by atoms with E-state index >= 15 is 0 Å². The molecular formula is C27H36N4O4. The zero-order valence-electron chi connectivity index (χ0n) is 20.8. The average Bonchev–Trinajstić information content (AvgIpc) is 3.53. The van der Waals surface area contributed by atoms with E-state index in [0.717, 1.165) is 36.2 Å². The summed E-state index contributed by atoms with van der Waals surface area (Å²) in [7, 11) is 0.